The number of hydrogen-bond donors (Lipinski definition) is 2. The fourth-order valence-corrected chi connectivity index (χ4v) is 3.38. The van der Waals surface area contributed by atoms with Crippen molar-refractivity contribution in [1.29, 1.82) is 0 Å². The van der Waals surface area contributed by atoms with Crippen LogP contribution < -0.4 is 10.0 Å². The van der Waals surface area contributed by atoms with Crippen LogP contribution in [0.1, 0.15) is 19.3 Å². The molecule has 2 N–H and O–H groups in total. The molecule has 1 heterocycles. The second-order valence-electron chi connectivity index (χ2n) is 4.43. The van der Waals surface area contributed by atoms with Crippen molar-refractivity contribution in [2.45, 2.75) is 30.2 Å². The summed E-state index contributed by atoms with van der Waals surface area (Å²) in [5.74, 6) is 0. The van der Waals surface area contributed by atoms with Gasteiger partial charge in [-0.1, -0.05) is 15.9 Å². The molecule has 2 rings (SSSR count). The molecule has 1 unspecified atom stereocenters. The maximum absolute atomic E-state index is 12.0. The summed E-state index contributed by atoms with van der Waals surface area (Å²) in [5.41, 5.74) is 0. The molecule has 1 saturated heterocycles. The van der Waals surface area contributed by atoms with E-state index in [1.807, 2.05) is 0 Å². The zero-order valence-corrected chi connectivity index (χ0v) is 12.4. The number of halogens is 1. The van der Waals surface area contributed by atoms with Crippen molar-refractivity contribution in [3.8, 4) is 0 Å². The van der Waals surface area contributed by atoms with Crippen molar-refractivity contribution in [1.82, 2.24) is 10.0 Å². The Morgan fingerprint density at radius 1 is 1.33 bits per heavy atom. The molecule has 100 valence electrons. The molecule has 0 radical (unpaired) electrons. The Morgan fingerprint density at radius 3 is 2.67 bits per heavy atom. The van der Waals surface area contributed by atoms with Crippen LogP contribution in [0.5, 0.6) is 0 Å². The minimum absolute atomic E-state index is 0.310. The van der Waals surface area contributed by atoms with E-state index in [0.29, 0.717) is 17.5 Å². The van der Waals surface area contributed by atoms with Crippen LogP contribution in [0.3, 0.4) is 0 Å². The molecule has 1 aliphatic heterocycles. The highest BCUT2D eigenvalue weighted by Crippen LogP contribution is 2.14. The van der Waals surface area contributed by atoms with Crippen LogP contribution in [-0.4, -0.2) is 27.5 Å². The average molecular weight is 333 g/mol. The van der Waals surface area contributed by atoms with Gasteiger partial charge in [0.15, 0.2) is 0 Å². The van der Waals surface area contributed by atoms with Crippen molar-refractivity contribution in [2.75, 3.05) is 13.1 Å². The largest absolute Gasteiger partial charge is 0.314 e. The van der Waals surface area contributed by atoms with E-state index in [4.69, 9.17) is 0 Å². The SMILES string of the molecule is O=S(=O)(NCCC1CCCN1)c1ccc(Br)cc1. The Morgan fingerprint density at radius 2 is 2.06 bits per heavy atom. The maximum Gasteiger partial charge on any atom is 0.240 e. The monoisotopic (exact) mass is 332 g/mol. The predicted molar refractivity (Wildman–Crippen MR) is 75.0 cm³/mol. The van der Waals surface area contributed by atoms with Crippen molar-refractivity contribution in [3.63, 3.8) is 0 Å². The highest BCUT2D eigenvalue weighted by molar-refractivity contribution is 9.10. The van der Waals surface area contributed by atoms with E-state index in [2.05, 4.69) is 26.0 Å². The van der Waals surface area contributed by atoms with Crippen LogP contribution in [0.4, 0.5) is 0 Å². The van der Waals surface area contributed by atoms with Gasteiger partial charge in [-0.15, -0.1) is 0 Å². The van der Waals surface area contributed by atoms with Gasteiger partial charge in [0.1, 0.15) is 0 Å². The lowest BCUT2D eigenvalue weighted by molar-refractivity contribution is 0.539. The smallest absolute Gasteiger partial charge is 0.240 e. The Bertz CT molecular complexity index is 481. The number of sulfonamides is 1. The lowest BCUT2D eigenvalue weighted by Gasteiger charge is -2.11. The summed E-state index contributed by atoms with van der Waals surface area (Å²) in [7, 11) is -3.37. The van der Waals surface area contributed by atoms with Crippen molar-refractivity contribution < 1.29 is 8.42 Å². The normalized spacial score (nSPS) is 20.2. The topological polar surface area (TPSA) is 58.2 Å². The molecule has 0 amide bonds. The quantitative estimate of drug-likeness (QED) is 0.865. The number of rotatable bonds is 5. The minimum Gasteiger partial charge on any atom is -0.314 e. The fourth-order valence-electron chi connectivity index (χ4n) is 2.07. The summed E-state index contributed by atoms with van der Waals surface area (Å²) in [5, 5.41) is 3.35. The highest BCUT2D eigenvalue weighted by atomic mass is 79.9. The highest BCUT2D eigenvalue weighted by Gasteiger charge is 2.16. The molecule has 4 nitrogen and oxygen atoms in total. The third-order valence-electron chi connectivity index (χ3n) is 3.07. The molecule has 1 atom stereocenters. The number of hydrogen-bond acceptors (Lipinski definition) is 3. The summed E-state index contributed by atoms with van der Waals surface area (Å²) < 4.78 is 27.5. The zero-order valence-electron chi connectivity index (χ0n) is 10.0. The van der Waals surface area contributed by atoms with E-state index < -0.39 is 10.0 Å². The van der Waals surface area contributed by atoms with E-state index in [1.54, 1.807) is 24.3 Å². The Labute approximate surface area is 116 Å². The van der Waals surface area contributed by atoms with Crippen LogP contribution in [0.15, 0.2) is 33.6 Å². The van der Waals surface area contributed by atoms with Crippen molar-refractivity contribution >= 4 is 26.0 Å². The molecular weight excluding hydrogens is 316 g/mol. The van der Waals surface area contributed by atoms with Gasteiger partial charge in [-0.2, -0.15) is 0 Å². The van der Waals surface area contributed by atoms with Crippen LogP contribution in [0.2, 0.25) is 0 Å². The Hall–Kier alpha value is -0.430. The Kier molecular flexibility index (Phi) is 4.77. The van der Waals surface area contributed by atoms with Gasteiger partial charge in [0, 0.05) is 17.1 Å². The average Bonchev–Trinajstić information content (AvgIpc) is 2.82. The third kappa shape index (κ3) is 3.78. The van der Waals surface area contributed by atoms with Gasteiger partial charge < -0.3 is 5.32 Å². The minimum atomic E-state index is -3.37. The molecule has 0 aliphatic carbocycles. The Balaban J connectivity index is 1.88. The molecule has 0 aromatic heterocycles. The van der Waals surface area contributed by atoms with Crippen LogP contribution in [-0.2, 0) is 10.0 Å². The summed E-state index contributed by atoms with van der Waals surface area (Å²) in [6, 6.07) is 7.11. The molecule has 1 fully saturated rings. The molecule has 1 aromatic rings. The summed E-state index contributed by atoms with van der Waals surface area (Å²) in [6.07, 6.45) is 3.17. The van der Waals surface area contributed by atoms with Gasteiger partial charge in [0.2, 0.25) is 10.0 Å². The van der Waals surface area contributed by atoms with Gasteiger partial charge in [0.05, 0.1) is 4.90 Å². The van der Waals surface area contributed by atoms with E-state index in [9.17, 15) is 8.42 Å². The lowest BCUT2D eigenvalue weighted by Crippen LogP contribution is -2.30. The van der Waals surface area contributed by atoms with Gasteiger partial charge >= 0.3 is 0 Å². The predicted octanol–water partition coefficient (Wildman–Crippen LogP) is 1.87. The first-order chi connectivity index (χ1) is 8.58. The van der Waals surface area contributed by atoms with E-state index in [1.165, 1.54) is 6.42 Å². The summed E-state index contributed by atoms with van der Waals surface area (Å²) in [6.45, 7) is 1.53. The zero-order chi connectivity index (χ0) is 13.0. The maximum atomic E-state index is 12.0. The standard InChI is InChI=1S/C12H17BrN2O2S/c13-10-3-5-12(6-4-10)18(16,17)15-9-7-11-2-1-8-14-11/h3-6,11,14-15H,1-2,7-9H2. The van der Waals surface area contributed by atoms with Gasteiger partial charge in [0.25, 0.3) is 0 Å². The molecule has 1 aliphatic rings. The fraction of sp³-hybridized carbons (Fsp3) is 0.500. The van der Waals surface area contributed by atoms with Gasteiger partial charge in [-0.3, -0.25) is 0 Å². The van der Waals surface area contributed by atoms with Gasteiger partial charge in [-0.05, 0) is 50.1 Å². The molecule has 18 heavy (non-hydrogen) atoms. The van der Waals surface area contributed by atoms with Crippen LogP contribution >= 0.6 is 15.9 Å². The van der Waals surface area contributed by atoms with Crippen molar-refractivity contribution in [2.24, 2.45) is 0 Å². The van der Waals surface area contributed by atoms with E-state index in [-0.39, 0.29) is 0 Å². The third-order valence-corrected chi connectivity index (χ3v) is 5.08. The lowest BCUT2D eigenvalue weighted by atomic mass is 10.2. The molecule has 0 spiro atoms. The van der Waals surface area contributed by atoms with Crippen LogP contribution in [0.25, 0.3) is 0 Å². The number of nitrogens with one attached hydrogen (secondary N) is 2. The van der Waals surface area contributed by atoms with Gasteiger partial charge in [-0.25, -0.2) is 13.1 Å². The van der Waals surface area contributed by atoms with Crippen molar-refractivity contribution in [3.05, 3.63) is 28.7 Å². The molecule has 6 heteroatoms. The first kappa shape index (κ1) is 14.0. The summed E-state index contributed by atoms with van der Waals surface area (Å²) in [4.78, 5) is 0.310. The first-order valence-corrected chi connectivity index (χ1v) is 8.34. The molecular formula is C12H17BrN2O2S. The molecule has 0 saturated carbocycles. The van der Waals surface area contributed by atoms with E-state index >= 15 is 0 Å². The van der Waals surface area contributed by atoms with Crippen LogP contribution in [0, 0.1) is 0 Å². The molecule has 0 bridgehead atoms. The first-order valence-electron chi connectivity index (χ1n) is 6.06. The second kappa shape index (κ2) is 6.14. The second-order valence-corrected chi connectivity index (χ2v) is 7.12. The van der Waals surface area contributed by atoms with E-state index in [0.717, 1.165) is 23.9 Å². The number of benzene rings is 1. The summed E-state index contributed by atoms with van der Waals surface area (Å²) >= 11 is 3.29. The molecule has 1 aromatic carbocycles.